The van der Waals surface area contributed by atoms with E-state index in [1.807, 2.05) is 13.8 Å². The molecule has 1 aromatic carbocycles. The lowest BCUT2D eigenvalue weighted by Crippen LogP contribution is -2.07. The van der Waals surface area contributed by atoms with E-state index in [1.165, 1.54) is 6.07 Å². The minimum absolute atomic E-state index is 0.00830. The highest BCUT2D eigenvalue weighted by Gasteiger charge is 2.14. The summed E-state index contributed by atoms with van der Waals surface area (Å²) >= 11 is 0. The van der Waals surface area contributed by atoms with Crippen LogP contribution in [0.15, 0.2) is 30.3 Å². The third-order valence-corrected chi connectivity index (χ3v) is 2.75. The van der Waals surface area contributed by atoms with Gasteiger partial charge in [0.25, 0.3) is 0 Å². The number of H-pyrrole nitrogens is 1. The zero-order valence-corrected chi connectivity index (χ0v) is 10.4. The Kier molecular flexibility index (Phi) is 3.55. The van der Waals surface area contributed by atoms with Crippen LogP contribution in [-0.2, 0) is 6.42 Å². The van der Waals surface area contributed by atoms with E-state index in [0.717, 1.165) is 5.69 Å². The van der Waals surface area contributed by atoms with Crippen molar-refractivity contribution in [3.8, 4) is 0 Å². The van der Waals surface area contributed by atoms with E-state index in [1.54, 1.807) is 24.3 Å². The van der Waals surface area contributed by atoms with Gasteiger partial charge in [-0.1, -0.05) is 32.0 Å². The highest BCUT2D eigenvalue weighted by molar-refractivity contribution is 5.95. The van der Waals surface area contributed by atoms with Crippen molar-refractivity contribution in [2.45, 2.75) is 20.3 Å². The van der Waals surface area contributed by atoms with Gasteiger partial charge in [-0.05, 0) is 17.7 Å². The van der Waals surface area contributed by atoms with Crippen LogP contribution in [0.2, 0.25) is 0 Å². The molecule has 0 aliphatic rings. The second-order valence-corrected chi connectivity index (χ2v) is 4.57. The van der Waals surface area contributed by atoms with Crippen LogP contribution in [0.3, 0.4) is 0 Å². The number of benzene rings is 1. The number of rotatable bonds is 4. The number of nitrogens with one attached hydrogen (secondary N) is 1. The van der Waals surface area contributed by atoms with E-state index in [0.29, 0.717) is 17.7 Å². The van der Waals surface area contributed by atoms with E-state index >= 15 is 0 Å². The van der Waals surface area contributed by atoms with Crippen LogP contribution < -0.4 is 0 Å². The highest BCUT2D eigenvalue weighted by Crippen LogP contribution is 2.13. The molecule has 0 atom stereocenters. The third-order valence-electron chi connectivity index (χ3n) is 2.75. The molecule has 3 nitrogen and oxygen atoms in total. The van der Waals surface area contributed by atoms with Crippen molar-refractivity contribution >= 4 is 5.78 Å². The molecule has 1 heterocycles. The lowest BCUT2D eigenvalue weighted by molar-refractivity contribution is 0.0934. The molecule has 0 aliphatic heterocycles. The normalized spacial score (nSPS) is 10.9. The molecule has 4 heteroatoms. The molecule has 1 aromatic heterocycles. The van der Waals surface area contributed by atoms with Crippen LogP contribution in [0.4, 0.5) is 4.39 Å². The van der Waals surface area contributed by atoms with E-state index < -0.39 is 0 Å². The standard InChI is InChI=1S/C14H15FN2O/c1-9(2)14(18)13-8-11(16-17-13)7-10-5-3-4-6-12(10)15/h3-6,8-9H,7H2,1-2H3,(H,16,17). The number of carbonyl (C=O) groups excluding carboxylic acids is 1. The van der Waals surface area contributed by atoms with Gasteiger partial charge in [-0.2, -0.15) is 5.10 Å². The molecule has 1 N–H and O–H groups in total. The van der Waals surface area contributed by atoms with Crippen LogP contribution in [0, 0.1) is 11.7 Å². The SMILES string of the molecule is CC(C)C(=O)c1cc(Cc2ccccc2F)[nH]n1. The second kappa shape index (κ2) is 5.12. The molecule has 0 saturated heterocycles. The topological polar surface area (TPSA) is 45.8 Å². The predicted octanol–water partition coefficient (Wildman–Crippen LogP) is 2.98. The highest BCUT2D eigenvalue weighted by atomic mass is 19.1. The Morgan fingerprint density at radius 3 is 2.78 bits per heavy atom. The van der Waals surface area contributed by atoms with Crippen LogP contribution in [0.1, 0.15) is 35.6 Å². The number of carbonyl (C=O) groups is 1. The zero-order chi connectivity index (χ0) is 13.1. The molecule has 0 unspecified atom stereocenters. The molecule has 0 radical (unpaired) electrons. The number of hydrogen-bond acceptors (Lipinski definition) is 2. The Balaban J connectivity index is 2.17. The van der Waals surface area contributed by atoms with E-state index in [4.69, 9.17) is 0 Å². The number of hydrogen-bond donors (Lipinski definition) is 1. The molecule has 2 rings (SSSR count). The summed E-state index contributed by atoms with van der Waals surface area (Å²) in [5.41, 5.74) is 1.74. The smallest absolute Gasteiger partial charge is 0.185 e. The summed E-state index contributed by atoms with van der Waals surface area (Å²) in [7, 11) is 0. The lowest BCUT2D eigenvalue weighted by atomic mass is 10.0. The van der Waals surface area contributed by atoms with Crippen LogP contribution in [0.5, 0.6) is 0 Å². The van der Waals surface area contributed by atoms with Gasteiger partial charge in [0.1, 0.15) is 11.5 Å². The third kappa shape index (κ3) is 2.64. The summed E-state index contributed by atoms with van der Waals surface area (Å²) in [5.74, 6) is -0.343. The van der Waals surface area contributed by atoms with Gasteiger partial charge in [-0.15, -0.1) is 0 Å². The molecule has 0 saturated carbocycles. The maximum absolute atomic E-state index is 13.5. The quantitative estimate of drug-likeness (QED) is 0.843. The minimum Gasteiger partial charge on any atom is -0.292 e. The first-order chi connectivity index (χ1) is 8.58. The Labute approximate surface area is 105 Å². The fourth-order valence-corrected chi connectivity index (χ4v) is 1.72. The molecule has 0 fully saturated rings. The molecule has 94 valence electrons. The zero-order valence-electron chi connectivity index (χ0n) is 10.4. The number of Topliss-reactive ketones (excluding diaryl/α,β-unsaturated/α-hetero) is 1. The first kappa shape index (κ1) is 12.5. The first-order valence-electron chi connectivity index (χ1n) is 5.90. The average Bonchev–Trinajstić information content (AvgIpc) is 2.79. The number of ketones is 1. The van der Waals surface area contributed by atoms with Gasteiger partial charge >= 0.3 is 0 Å². The van der Waals surface area contributed by atoms with Crippen molar-refractivity contribution in [1.82, 2.24) is 10.2 Å². The molecule has 2 aromatic rings. The monoisotopic (exact) mass is 246 g/mol. The summed E-state index contributed by atoms with van der Waals surface area (Å²) in [6.45, 7) is 3.65. The molecule has 0 aliphatic carbocycles. The van der Waals surface area contributed by atoms with Crippen LogP contribution in [0.25, 0.3) is 0 Å². The summed E-state index contributed by atoms with van der Waals surface area (Å²) in [6, 6.07) is 8.27. The Bertz CT molecular complexity index is 560. The molecule has 18 heavy (non-hydrogen) atoms. The number of aromatic amines is 1. The van der Waals surface area contributed by atoms with Crippen LogP contribution >= 0.6 is 0 Å². The largest absolute Gasteiger partial charge is 0.292 e. The van der Waals surface area contributed by atoms with Crippen molar-refractivity contribution in [3.05, 3.63) is 53.1 Å². The Hall–Kier alpha value is -1.97. The van der Waals surface area contributed by atoms with Gasteiger partial charge < -0.3 is 0 Å². The molecule has 0 spiro atoms. The maximum atomic E-state index is 13.5. The van der Waals surface area contributed by atoms with E-state index in [2.05, 4.69) is 10.2 Å². The van der Waals surface area contributed by atoms with Gasteiger partial charge in [0.05, 0.1) is 0 Å². The van der Waals surface area contributed by atoms with Crippen LogP contribution in [-0.4, -0.2) is 16.0 Å². The Morgan fingerprint density at radius 1 is 1.39 bits per heavy atom. The van der Waals surface area contributed by atoms with Crippen molar-refractivity contribution in [2.75, 3.05) is 0 Å². The number of aromatic nitrogens is 2. The summed E-state index contributed by atoms with van der Waals surface area (Å²) in [4.78, 5) is 11.7. The first-order valence-corrected chi connectivity index (χ1v) is 5.90. The number of halogens is 1. The summed E-state index contributed by atoms with van der Waals surface area (Å²) in [5, 5.41) is 6.75. The van der Waals surface area contributed by atoms with Crippen molar-refractivity contribution in [1.29, 1.82) is 0 Å². The van der Waals surface area contributed by atoms with Crippen molar-refractivity contribution in [3.63, 3.8) is 0 Å². The summed E-state index contributed by atoms with van der Waals surface area (Å²) in [6.07, 6.45) is 0.408. The van der Waals surface area contributed by atoms with Gasteiger partial charge in [0, 0.05) is 18.0 Å². The lowest BCUT2D eigenvalue weighted by Gasteiger charge is -2.00. The summed E-state index contributed by atoms with van der Waals surface area (Å²) < 4.78 is 13.5. The average molecular weight is 246 g/mol. The maximum Gasteiger partial charge on any atom is 0.185 e. The van der Waals surface area contributed by atoms with Gasteiger partial charge in [-0.25, -0.2) is 4.39 Å². The predicted molar refractivity (Wildman–Crippen MR) is 67.0 cm³/mol. The van der Waals surface area contributed by atoms with E-state index in [-0.39, 0.29) is 17.5 Å². The van der Waals surface area contributed by atoms with Gasteiger partial charge in [0.15, 0.2) is 5.78 Å². The van der Waals surface area contributed by atoms with E-state index in [9.17, 15) is 9.18 Å². The van der Waals surface area contributed by atoms with Gasteiger partial charge in [-0.3, -0.25) is 9.89 Å². The van der Waals surface area contributed by atoms with Crippen molar-refractivity contribution in [2.24, 2.45) is 5.92 Å². The minimum atomic E-state index is -0.246. The fourth-order valence-electron chi connectivity index (χ4n) is 1.72. The molecular formula is C14H15FN2O. The van der Waals surface area contributed by atoms with Crippen molar-refractivity contribution < 1.29 is 9.18 Å². The Morgan fingerprint density at radius 2 is 2.11 bits per heavy atom. The second-order valence-electron chi connectivity index (χ2n) is 4.57. The fraction of sp³-hybridized carbons (Fsp3) is 0.286. The molecule has 0 amide bonds. The van der Waals surface area contributed by atoms with Gasteiger partial charge in [0.2, 0.25) is 0 Å². The molecular weight excluding hydrogens is 231 g/mol. The number of nitrogens with zero attached hydrogens (tertiary/aromatic N) is 1. The molecule has 0 bridgehead atoms.